The monoisotopic (exact) mass is 237 g/mol. The van der Waals surface area contributed by atoms with Crippen LogP contribution in [-0.4, -0.2) is 56.8 Å². The summed E-state index contributed by atoms with van der Waals surface area (Å²) in [5, 5.41) is 0. The van der Waals surface area contributed by atoms with Gasteiger partial charge in [0.05, 0.1) is 10.1 Å². The zero-order valence-corrected chi connectivity index (χ0v) is 10.1. The van der Waals surface area contributed by atoms with Crippen molar-refractivity contribution in [3.05, 3.63) is 0 Å². The Morgan fingerprint density at radius 2 is 1.80 bits per heavy atom. The van der Waals surface area contributed by atoms with E-state index in [1.807, 2.05) is 0 Å². The van der Waals surface area contributed by atoms with Gasteiger partial charge in [-0.15, -0.1) is 0 Å². The highest BCUT2D eigenvalue weighted by molar-refractivity contribution is 7.84. The first-order valence-electron chi connectivity index (χ1n) is 4.90. The molecule has 6 heteroatoms. The second kappa shape index (κ2) is 7.78. The summed E-state index contributed by atoms with van der Waals surface area (Å²) in [7, 11) is -2.18. The van der Waals surface area contributed by atoms with E-state index in [4.69, 9.17) is 17.7 Å². The minimum Gasteiger partial charge on any atom is -0.748 e. The summed E-state index contributed by atoms with van der Waals surface area (Å²) in [5.74, 6) is 0. The predicted octanol–water partition coefficient (Wildman–Crippen LogP) is 0.0614. The topological polar surface area (TPSA) is 69.4 Å². The second-order valence-electron chi connectivity index (χ2n) is 3.44. The van der Waals surface area contributed by atoms with Crippen molar-refractivity contribution in [3.63, 3.8) is 0 Å². The largest absolute Gasteiger partial charge is 0.748 e. The van der Waals surface area contributed by atoms with Crippen LogP contribution in [0.15, 0.2) is 0 Å². The molecule has 90 valence electrons. The van der Waals surface area contributed by atoms with Gasteiger partial charge in [0, 0.05) is 26.2 Å². The van der Waals surface area contributed by atoms with Gasteiger partial charge in [-0.05, 0) is 6.42 Å². The van der Waals surface area contributed by atoms with Gasteiger partial charge in [0.1, 0.15) is 19.7 Å². The van der Waals surface area contributed by atoms with Crippen LogP contribution >= 0.6 is 0 Å². The maximum atomic E-state index is 9.08. The van der Waals surface area contributed by atoms with E-state index in [9.17, 15) is 0 Å². The number of hydrogen-bond donors (Lipinski definition) is 0. The molecule has 0 spiro atoms. The zero-order chi connectivity index (χ0) is 11.7. The van der Waals surface area contributed by atoms with Crippen molar-refractivity contribution >= 4 is 16.3 Å². The molecule has 0 aromatic rings. The molecule has 0 aliphatic carbocycles. The molecule has 1 saturated heterocycles. The van der Waals surface area contributed by atoms with Crippen LogP contribution in [0, 0.1) is 0 Å². The third-order valence-corrected chi connectivity index (χ3v) is 1.89. The lowest BCUT2D eigenvalue weighted by molar-refractivity contribution is -0.534. The summed E-state index contributed by atoms with van der Waals surface area (Å²) in [6.07, 6.45) is 6.85. The fraction of sp³-hybridized carbons (Fsp3) is 0.889. The van der Waals surface area contributed by atoms with Crippen LogP contribution in [0.5, 0.6) is 0 Å². The summed E-state index contributed by atoms with van der Waals surface area (Å²) in [4.78, 5) is 0. The van der Waals surface area contributed by atoms with Gasteiger partial charge >= 0.3 is 0 Å². The molecule has 0 atom stereocenters. The molecule has 1 heterocycles. The van der Waals surface area contributed by atoms with E-state index in [2.05, 4.69) is 10.8 Å². The predicted molar refractivity (Wildman–Crippen MR) is 57.4 cm³/mol. The minimum absolute atomic E-state index is 0.604. The quantitative estimate of drug-likeness (QED) is 0.503. The van der Waals surface area contributed by atoms with Crippen LogP contribution in [0.25, 0.3) is 0 Å². The molecule has 5 nitrogen and oxygen atoms in total. The number of piperidine rings is 1. The molecule has 1 aliphatic heterocycles. The summed E-state index contributed by atoms with van der Waals surface area (Å²) in [5.41, 5.74) is 0. The van der Waals surface area contributed by atoms with Gasteiger partial charge in [-0.2, -0.15) is 0 Å². The van der Waals surface area contributed by atoms with E-state index < -0.39 is 10.1 Å². The Bertz CT molecular complexity index is 268. The average Bonchev–Trinajstić information content (AvgIpc) is 2.14. The molecule has 1 rings (SSSR count). The van der Waals surface area contributed by atoms with Crippen LogP contribution in [0.2, 0.25) is 0 Å². The number of nitrogens with zero attached hydrogens (tertiary/aromatic N) is 1. The van der Waals surface area contributed by atoms with E-state index >= 15 is 0 Å². The van der Waals surface area contributed by atoms with E-state index in [0.717, 1.165) is 6.61 Å². The third kappa shape index (κ3) is 13.5. The molecular formula is C9H19NO4S. The van der Waals surface area contributed by atoms with Crippen LogP contribution in [0.3, 0.4) is 0 Å². The number of rotatable bonds is 2. The molecule has 0 N–H and O–H groups in total. The van der Waals surface area contributed by atoms with Gasteiger partial charge in [0.2, 0.25) is 0 Å². The highest BCUT2D eigenvalue weighted by atomic mass is 32.2. The SMILES string of the molecule is COCC=[N+]1CCCCC1.CS(=O)(=O)[O-]. The van der Waals surface area contributed by atoms with E-state index in [1.165, 1.54) is 32.4 Å². The van der Waals surface area contributed by atoms with Crippen molar-refractivity contribution in [3.8, 4) is 0 Å². The van der Waals surface area contributed by atoms with Crippen molar-refractivity contribution in [2.45, 2.75) is 19.3 Å². The molecule has 0 bridgehead atoms. The molecule has 0 aromatic heterocycles. The van der Waals surface area contributed by atoms with Gasteiger partial charge in [-0.1, -0.05) is 0 Å². The van der Waals surface area contributed by atoms with Gasteiger partial charge in [-0.25, -0.2) is 13.0 Å². The summed E-state index contributed by atoms with van der Waals surface area (Å²) in [6, 6.07) is 0. The fourth-order valence-electron chi connectivity index (χ4n) is 1.28. The highest BCUT2D eigenvalue weighted by Gasteiger charge is 2.08. The Balaban J connectivity index is 0.000000336. The highest BCUT2D eigenvalue weighted by Crippen LogP contribution is 2.02. The molecular weight excluding hydrogens is 218 g/mol. The average molecular weight is 237 g/mol. The molecule has 0 aromatic carbocycles. The molecule has 15 heavy (non-hydrogen) atoms. The lowest BCUT2D eigenvalue weighted by atomic mass is 10.2. The van der Waals surface area contributed by atoms with Crippen molar-refractivity contribution in [2.24, 2.45) is 0 Å². The normalized spacial score (nSPS) is 16.6. The molecule has 0 unspecified atom stereocenters. The van der Waals surface area contributed by atoms with Crippen molar-refractivity contribution in [1.82, 2.24) is 0 Å². The molecule has 0 radical (unpaired) electrons. The van der Waals surface area contributed by atoms with E-state index in [1.54, 1.807) is 7.11 Å². The van der Waals surface area contributed by atoms with Gasteiger partial charge in [-0.3, -0.25) is 0 Å². The Morgan fingerprint density at radius 1 is 1.33 bits per heavy atom. The fourth-order valence-corrected chi connectivity index (χ4v) is 1.28. The van der Waals surface area contributed by atoms with Gasteiger partial charge in [0.25, 0.3) is 0 Å². The molecule has 1 fully saturated rings. The minimum atomic E-state index is -3.92. The first kappa shape index (κ1) is 14.5. The number of ether oxygens (including phenoxy) is 1. The molecule has 0 saturated carbocycles. The van der Waals surface area contributed by atoms with Crippen molar-refractivity contribution < 1.29 is 22.3 Å². The Hall–Kier alpha value is -0.460. The number of methoxy groups -OCH3 is 1. The van der Waals surface area contributed by atoms with Crippen LogP contribution in [0.4, 0.5) is 0 Å². The van der Waals surface area contributed by atoms with Crippen LogP contribution in [0.1, 0.15) is 19.3 Å². The van der Waals surface area contributed by atoms with Crippen LogP contribution < -0.4 is 0 Å². The summed E-state index contributed by atoms with van der Waals surface area (Å²) in [6.45, 7) is 3.22. The van der Waals surface area contributed by atoms with Gasteiger partial charge in [0.15, 0.2) is 6.21 Å². The smallest absolute Gasteiger partial charge is 0.165 e. The zero-order valence-electron chi connectivity index (χ0n) is 9.31. The maximum absolute atomic E-state index is 9.08. The molecule has 1 aliphatic rings. The first-order chi connectivity index (χ1) is 6.93. The first-order valence-corrected chi connectivity index (χ1v) is 6.72. The molecule has 0 amide bonds. The second-order valence-corrected chi connectivity index (χ2v) is 4.85. The lowest BCUT2D eigenvalue weighted by Gasteiger charge is -2.08. The number of hydrogen-bond acceptors (Lipinski definition) is 4. The van der Waals surface area contributed by atoms with Crippen LogP contribution in [-0.2, 0) is 14.9 Å². The summed E-state index contributed by atoms with van der Waals surface area (Å²) >= 11 is 0. The Labute approximate surface area is 91.5 Å². The Morgan fingerprint density at radius 3 is 2.20 bits per heavy atom. The van der Waals surface area contributed by atoms with E-state index in [0.29, 0.717) is 6.26 Å². The van der Waals surface area contributed by atoms with E-state index in [-0.39, 0.29) is 0 Å². The summed E-state index contributed by atoms with van der Waals surface area (Å²) < 4.78 is 34.5. The van der Waals surface area contributed by atoms with Crippen molar-refractivity contribution in [1.29, 1.82) is 0 Å². The standard InChI is InChI=1S/C8H16NO.CH4O3S/c1-10-8-7-9-5-3-2-4-6-9;1-5(2,3)4/h7H,2-6,8H2,1H3;1H3,(H,2,3,4)/q+1;/p-1. The Kier molecular flexibility index (Phi) is 7.54. The maximum Gasteiger partial charge on any atom is 0.165 e. The lowest BCUT2D eigenvalue weighted by Crippen LogP contribution is -2.22. The van der Waals surface area contributed by atoms with Gasteiger partial charge < -0.3 is 9.29 Å². The third-order valence-electron chi connectivity index (χ3n) is 1.89. The van der Waals surface area contributed by atoms with Crippen molar-refractivity contribution in [2.75, 3.05) is 33.1 Å².